The normalized spacial score (nSPS) is 12.2. The molecule has 3 aromatic rings. The Labute approximate surface area is 117 Å². The van der Waals surface area contributed by atoms with E-state index in [-0.39, 0.29) is 0 Å². The lowest BCUT2D eigenvalue weighted by Gasteiger charge is -2.03. The highest BCUT2D eigenvalue weighted by Gasteiger charge is 2.32. The van der Waals surface area contributed by atoms with E-state index >= 15 is 0 Å². The van der Waals surface area contributed by atoms with Gasteiger partial charge in [-0.1, -0.05) is 6.07 Å². The zero-order valence-corrected chi connectivity index (χ0v) is 10.9. The van der Waals surface area contributed by atoms with Gasteiger partial charge in [-0.15, -0.1) is 0 Å². The quantitative estimate of drug-likeness (QED) is 0.804. The molecule has 0 unspecified atom stereocenters. The van der Waals surface area contributed by atoms with Crippen molar-refractivity contribution in [2.24, 2.45) is 5.73 Å². The van der Waals surface area contributed by atoms with Crippen LogP contribution in [-0.2, 0) is 12.6 Å². The predicted octanol–water partition coefficient (Wildman–Crippen LogP) is 2.04. The van der Waals surface area contributed by atoms with Crippen molar-refractivity contribution in [3.63, 3.8) is 0 Å². The van der Waals surface area contributed by atoms with Crippen LogP contribution in [0.4, 0.5) is 13.2 Å². The summed E-state index contributed by atoms with van der Waals surface area (Å²) in [6.07, 6.45) is -0.420. The molecule has 3 aromatic heterocycles. The van der Waals surface area contributed by atoms with E-state index in [4.69, 9.17) is 5.73 Å². The summed E-state index contributed by atoms with van der Waals surface area (Å²) < 4.78 is 41.0. The van der Waals surface area contributed by atoms with Crippen LogP contribution in [0.3, 0.4) is 0 Å². The molecule has 0 aliphatic rings. The summed E-state index contributed by atoms with van der Waals surface area (Å²) in [7, 11) is 0. The fourth-order valence-electron chi connectivity index (χ4n) is 2.17. The average molecular weight is 295 g/mol. The van der Waals surface area contributed by atoms with E-state index in [9.17, 15) is 13.2 Å². The van der Waals surface area contributed by atoms with Crippen LogP contribution in [0.2, 0.25) is 0 Å². The minimum atomic E-state index is -4.43. The van der Waals surface area contributed by atoms with Crippen molar-refractivity contribution in [1.82, 2.24) is 19.2 Å². The number of hydrogen-bond acceptors (Lipinski definition) is 3. The van der Waals surface area contributed by atoms with E-state index in [2.05, 4.69) is 10.1 Å². The maximum atomic E-state index is 12.7. The lowest BCUT2D eigenvalue weighted by atomic mass is 10.3. The molecule has 3 heterocycles. The number of pyridine rings is 1. The first kappa shape index (κ1) is 13.6. The van der Waals surface area contributed by atoms with Crippen LogP contribution >= 0.6 is 0 Å². The van der Waals surface area contributed by atoms with E-state index in [1.165, 1.54) is 0 Å². The molecule has 0 bridgehead atoms. The molecule has 0 saturated carbocycles. The fourth-order valence-corrected chi connectivity index (χ4v) is 2.17. The molecule has 3 rings (SSSR count). The van der Waals surface area contributed by atoms with Gasteiger partial charge >= 0.3 is 6.18 Å². The minimum absolute atomic E-state index is 0.363. The Morgan fingerprint density at radius 3 is 2.71 bits per heavy atom. The molecule has 0 amide bonds. The summed E-state index contributed by atoms with van der Waals surface area (Å²) in [4.78, 5) is 4.34. The molecule has 0 aromatic carbocycles. The van der Waals surface area contributed by atoms with E-state index in [1.807, 2.05) is 12.1 Å². The number of hydrogen-bond donors (Lipinski definition) is 1. The second-order valence-corrected chi connectivity index (χ2v) is 4.52. The van der Waals surface area contributed by atoms with Crippen molar-refractivity contribution in [3.8, 4) is 5.82 Å². The lowest BCUT2D eigenvalue weighted by Crippen LogP contribution is -2.09. The first-order valence-corrected chi connectivity index (χ1v) is 6.29. The van der Waals surface area contributed by atoms with Crippen LogP contribution < -0.4 is 5.73 Å². The number of rotatable bonds is 3. The van der Waals surface area contributed by atoms with Gasteiger partial charge in [-0.2, -0.15) is 18.3 Å². The number of halogens is 3. The average Bonchev–Trinajstić information content (AvgIpc) is 3.03. The van der Waals surface area contributed by atoms with Crippen LogP contribution in [0.15, 0.2) is 36.8 Å². The highest BCUT2D eigenvalue weighted by molar-refractivity contribution is 5.48. The Balaban J connectivity index is 2.15. The molecule has 21 heavy (non-hydrogen) atoms. The first-order valence-electron chi connectivity index (χ1n) is 6.29. The largest absolute Gasteiger partial charge is 0.419 e. The van der Waals surface area contributed by atoms with Gasteiger partial charge in [0.05, 0.1) is 17.5 Å². The Bertz CT molecular complexity index is 772. The van der Waals surface area contributed by atoms with E-state index in [0.29, 0.717) is 24.4 Å². The third kappa shape index (κ3) is 2.38. The molecule has 0 atom stereocenters. The van der Waals surface area contributed by atoms with Crippen molar-refractivity contribution in [2.75, 3.05) is 6.54 Å². The molecule has 8 heteroatoms. The Morgan fingerprint density at radius 2 is 2.05 bits per heavy atom. The topological polar surface area (TPSA) is 61.1 Å². The van der Waals surface area contributed by atoms with Crippen LogP contribution in [0.1, 0.15) is 11.3 Å². The molecule has 0 fully saturated rings. The van der Waals surface area contributed by atoms with Gasteiger partial charge in [0, 0.05) is 18.8 Å². The number of nitrogens with two attached hydrogens (primary N) is 1. The summed E-state index contributed by atoms with van der Waals surface area (Å²) in [5, 5.41) is 3.77. The SMILES string of the molecule is NCCc1c(-n2cc(C(F)(F)F)cn2)nc2ccccn12. The van der Waals surface area contributed by atoms with Gasteiger partial charge in [0.2, 0.25) is 0 Å². The maximum Gasteiger partial charge on any atom is 0.419 e. The number of imidazole rings is 1. The van der Waals surface area contributed by atoms with Gasteiger partial charge in [-0.3, -0.25) is 0 Å². The van der Waals surface area contributed by atoms with Crippen molar-refractivity contribution in [2.45, 2.75) is 12.6 Å². The lowest BCUT2D eigenvalue weighted by molar-refractivity contribution is -0.137. The zero-order chi connectivity index (χ0) is 15.0. The van der Waals surface area contributed by atoms with E-state index < -0.39 is 11.7 Å². The maximum absolute atomic E-state index is 12.7. The predicted molar refractivity (Wildman–Crippen MR) is 70.1 cm³/mol. The Kier molecular flexibility index (Phi) is 3.17. The van der Waals surface area contributed by atoms with E-state index in [1.54, 1.807) is 16.7 Å². The van der Waals surface area contributed by atoms with Crippen LogP contribution in [0.5, 0.6) is 0 Å². The highest BCUT2D eigenvalue weighted by atomic mass is 19.4. The van der Waals surface area contributed by atoms with Gasteiger partial charge in [-0.25, -0.2) is 9.67 Å². The molecule has 0 saturated heterocycles. The van der Waals surface area contributed by atoms with Gasteiger partial charge in [-0.05, 0) is 18.7 Å². The monoisotopic (exact) mass is 295 g/mol. The second-order valence-electron chi connectivity index (χ2n) is 4.52. The van der Waals surface area contributed by atoms with Crippen molar-refractivity contribution < 1.29 is 13.2 Å². The van der Waals surface area contributed by atoms with Crippen molar-refractivity contribution in [1.29, 1.82) is 0 Å². The van der Waals surface area contributed by atoms with E-state index in [0.717, 1.165) is 22.8 Å². The van der Waals surface area contributed by atoms with Crippen LogP contribution in [-0.4, -0.2) is 25.7 Å². The third-order valence-electron chi connectivity index (χ3n) is 3.12. The summed E-state index contributed by atoms with van der Waals surface area (Å²) in [5.41, 5.74) is 6.14. The van der Waals surface area contributed by atoms with Crippen molar-refractivity contribution >= 4 is 5.65 Å². The smallest absolute Gasteiger partial charge is 0.330 e. The van der Waals surface area contributed by atoms with Gasteiger partial charge in [0.15, 0.2) is 5.82 Å². The molecule has 0 aliphatic heterocycles. The molecule has 110 valence electrons. The summed E-state index contributed by atoms with van der Waals surface area (Å²) in [6, 6.07) is 5.41. The summed E-state index contributed by atoms with van der Waals surface area (Å²) >= 11 is 0. The molecule has 0 spiro atoms. The van der Waals surface area contributed by atoms with Gasteiger partial charge in [0.1, 0.15) is 5.65 Å². The molecular formula is C13H12F3N5. The number of nitrogens with zero attached hydrogens (tertiary/aromatic N) is 4. The Hall–Kier alpha value is -2.35. The van der Waals surface area contributed by atoms with Crippen LogP contribution in [0, 0.1) is 0 Å². The van der Waals surface area contributed by atoms with Gasteiger partial charge < -0.3 is 10.1 Å². The van der Waals surface area contributed by atoms with Crippen LogP contribution in [0.25, 0.3) is 11.5 Å². The third-order valence-corrected chi connectivity index (χ3v) is 3.12. The fraction of sp³-hybridized carbons (Fsp3) is 0.231. The number of fused-ring (bicyclic) bond motifs is 1. The molecule has 2 N–H and O–H groups in total. The zero-order valence-electron chi connectivity index (χ0n) is 10.9. The second kappa shape index (κ2) is 4.88. The first-order chi connectivity index (χ1) is 10.0. The van der Waals surface area contributed by atoms with Gasteiger partial charge in [0.25, 0.3) is 0 Å². The number of alkyl halides is 3. The standard InChI is InChI=1S/C13H12F3N5/c14-13(15,16)9-7-18-21(8-9)12-10(4-5-17)20-6-2-1-3-11(20)19-12/h1-3,6-8H,4-5,17H2. The highest BCUT2D eigenvalue weighted by Crippen LogP contribution is 2.29. The molecule has 5 nitrogen and oxygen atoms in total. The number of aromatic nitrogens is 4. The molecular weight excluding hydrogens is 283 g/mol. The molecule has 0 radical (unpaired) electrons. The molecule has 0 aliphatic carbocycles. The van der Waals surface area contributed by atoms with Crippen molar-refractivity contribution in [3.05, 3.63) is 48.0 Å². The Morgan fingerprint density at radius 1 is 1.24 bits per heavy atom. The summed E-state index contributed by atoms with van der Waals surface area (Å²) in [5.74, 6) is 0.363. The minimum Gasteiger partial charge on any atom is -0.330 e. The summed E-state index contributed by atoms with van der Waals surface area (Å²) in [6.45, 7) is 0.364.